The summed E-state index contributed by atoms with van der Waals surface area (Å²) in [6, 6.07) is 3.78. The molecule has 0 aromatic carbocycles. The van der Waals surface area contributed by atoms with Crippen LogP contribution in [0.5, 0.6) is 0 Å². The molecule has 3 heteroatoms. The van der Waals surface area contributed by atoms with Crippen LogP contribution in [0.1, 0.15) is 30.3 Å². The number of carbonyl (C=O) groups excluding carboxylic acids is 1. The molecule has 0 radical (unpaired) electrons. The molecule has 14 heavy (non-hydrogen) atoms. The Hall–Kier alpha value is -0.700. The predicted octanol–water partition coefficient (Wildman–Crippen LogP) is 2.74. The Balaban J connectivity index is 2.32. The van der Waals surface area contributed by atoms with Gasteiger partial charge in [0.2, 0.25) is 0 Å². The lowest BCUT2D eigenvalue weighted by atomic mass is 10.3. The average molecular weight is 211 g/mol. The van der Waals surface area contributed by atoms with E-state index < -0.39 is 0 Å². The minimum Gasteiger partial charge on any atom is -0.348 e. The highest BCUT2D eigenvalue weighted by Crippen LogP contribution is 2.09. The van der Waals surface area contributed by atoms with Crippen LogP contribution >= 0.6 is 11.8 Å². The summed E-state index contributed by atoms with van der Waals surface area (Å²) in [6.45, 7) is 2.17. The Labute approximate surface area is 89.7 Å². The molecular weight excluding hydrogens is 194 g/mol. The van der Waals surface area contributed by atoms with Crippen molar-refractivity contribution in [3.63, 3.8) is 0 Å². The molecule has 1 heterocycles. The molecule has 1 aromatic heterocycles. The first-order chi connectivity index (χ1) is 6.75. The summed E-state index contributed by atoms with van der Waals surface area (Å²) in [5.41, 5.74) is 0.814. The van der Waals surface area contributed by atoms with Crippen molar-refractivity contribution in [2.24, 2.45) is 7.05 Å². The number of aromatic nitrogens is 1. The largest absolute Gasteiger partial charge is 0.348 e. The average Bonchev–Trinajstić information content (AvgIpc) is 2.59. The number of thioether (sulfide) groups is 1. The molecule has 0 fully saturated rings. The quantitative estimate of drug-likeness (QED) is 0.533. The van der Waals surface area contributed by atoms with Gasteiger partial charge in [-0.2, -0.15) is 11.8 Å². The van der Waals surface area contributed by atoms with Crippen LogP contribution in [-0.4, -0.2) is 21.9 Å². The fraction of sp³-hybridized carbons (Fsp3) is 0.545. The number of nitrogens with zero attached hydrogens (tertiary/aromatic N) is 1. The molecule has 0 aliphatic rings. The zero-order valence-electron chi connectivity index (χ0n) is 8.82. The van der Waals surface area contributed by atoms with Gasteiger partial charge in [0.1, 0.15) is 0 Å². The van der Waals surface area contributed by atoms with Gasteiger partial charge in [0.25, 0.3) is 0 Å². The van der Waals surface area contributed by atoms with Crippen molar-refractivity contribution in [2.75, 3.05) is 11.5 Å². The second-order valence-corrected chi connectivity index (χ2v) is 4.44. The van der Waals surface area contributed by atoms with E-state index in [2.05, 4.69) is 6.92 Å². The highest BCUT2D eigenvalue weighted by atomic mass is 32.2. The van der Waals surface area contributed by atoms with Crippen molar-refractivity contribution in [3.05, 3.63) is 24.0 Å². The topological polar surface area (TPSA) is 22.0 Å². The van der Waals surface area contributed by atoms with E-state index in [4.69, 9.17) is 0 Å². The number of carbonyl (C=O) groups is 1. The molecule has 0 aliphatic carbocycles. The highest BCUT2D eigenvalue weighted by Gasteiger charge is 2.07. The Bertz CT molecular complexity index is 293. The second kappa shape index (κ2) is 5.91. The van der Waals surface area contributed by atoms with Crippen molar-refractivity contribution in [1.82, 2.24) is 4.57 Å². The van der Waals surface area contributed by atoms with E-state index in [0.717, 1.165) is 11.4 Å². The third-order valence-electron chi connectivity index (χ3n) is 2.10. The molecule has 78 valence electrons. The van der Waals surface area contributed by atoms with Gasteiger partial charge in [0, 0.05) is 13.2 Å². The first-order valence-corrected chi connectivity index (χ1v) is 6.13. The minimum absolute atomic E-state index is 0.235. The van der Waals surface area contributed by atoms with Gasteiger partial charge >= 0.3 is 0 Å². The summed E-state index contributed by atoms with van der Waals surface area (Å²) < 4.78 is 1.88. The monoisotopic (exact) mass is 211 g/mol. The molecule has 0 saturated heterocycles. The Kier molecular flexibility index (Phi) is 4.80. The third-order valence-corrected chi connectivity index (χ3v) is 3.15. The second-order valence-electron chi connectivity index (χ2n) is 3.33. The van der Waals surface area contributed by atoms with E-state index in [9.17, 15) is 4.79 Å². The number of hydrogen-bond acceptors (Lipinski definition) is 2. The van der Waals surface area contributed by atoms with Crippen LogP contribution in [0.3, 0.4) is 0 Å². The maximum atomic E-state index is 11.6. The van der Waals surface area contributed by atoms with Crippen molar-refractivity contribution in [3.8, 4) is 0 Å². The number of rotatable bonds is 6. The van der Waals surface area contributed by atoms with E-state index in [1.54, 1.807) is 11.8 Å². The van der Waals surface area contributed by atoms with Crippen LogP contribution in [0.15, 0.2) is 18.3 Å². The van der Waals surface area contributed by atoms with Gasteiger partial charge in [0.05, 0.1) is 11.4 Å². The molecule has 1 aromatic rings. The van der Waals surface area contributed by atoms with Crippen LogP contribution in [-0.2, 0) is 7.05 Å². The molecule has 1 rings (SSSR count). The number of Topliss-reactive ketones (excluding diaryl/α,β-unsaturated/α-hetero) is 1. The predicted molar refractivity (Wildman–Crippen MR) is 62.0 cm³/mol. The highest BCUT2D eigenvalue weighted by molar-refractivity contribution is 7.99. The first kappa shape index (κ1) is 11.4. The third kappa shape index (κ3) is 3.22. The van der Waals surface area contributed by atoms with Gasteiger partial charge in [-0.3, -0.25) is 4.79 Å². The first-order valence-electron chi connectivity index (χ1n) is 4.98. The van der Waals surface area contributed by atoms with Gasteiger partial charge in [-0.1, -0.05) is 13.3 Å². The fourth-order valence-electron chi connectivity index (χ4n) is 1.24. The summed E-state index contributed by atoms with van der Waals surface area (Å²) in [7, 11) is 1.91. The molecule has 0 spiro atoms. The Morgan fingerprint density at radius 1 is 1.57 bits per heavy atom. The van der Waals surface area contributed by atoms with Crippen LogP contribution in [0.2, 0.25) is 0 Å². The normalized spacial score (nSPS) is 10.4. The van der Waals surface area contributed by atoms with Crippen LogP contribution in [0.25, 0.3) is 0 Å². The molecule has 0 atom stereocenters. The number of ketones is 1. The van der Waals surface area contributed by atoms with Gasteiger partial charge in [-0.05, 0) is 24.3 Å². The van der Waals surface area contributed by atoms with Gasteiger partial charge < -0.3 is 4.57 Å². The Morgan fingerprint density at radius 2 is 2.36 bits per heavy atom. The molecule has 0 amide bonds. The molecule has 0 aliphatic heterocycles. The molecule has 0 unspecified atom stereocenters. The lowest BCUT2D eigenvalue weighted by Crippen LogP contribution is -2.08. The maximum Gasteiger partial charge on any atom is 0.189 e. The summed E-state index contributed by atoms with van der Waals surface area (Å²) in [5.74, 6) is 1.93. The molecule has 0 N–H and O–H groups in total. The fourth-order valence-corrected chi connectivity index (χ4v) is 2.21. The minimum atomic E-state index is 0.235. The van der Waals surface area contributed by atoms with E-state index in [1.807, 2.05) is 29.9 Å². The van der Waals surface area contributed by atoms with Gasteiger partial charge in [-0.25, -0.2) is 0 Å². The van der Waals surface area contributed by atoms with E-state index in [1.165, 1.54) is 12.8 Å². The maximum absolute atomic E-state index is 11.6. The number of unbranched alkanes of at least 4 members (excludes halogenated alkanes) is 1. The van der Waals surface area contributed by atoms with Crippen LogP contribution in [0, 0.1) is 0 Å². The van der Waals surface area contributed by atoms with Crippen LogP contribution in [0.4, 0.5) is 0 Å². The summed E-state index contributed by atoms with van der Waals surface area (Å²) in [4.78, 5) is 11.6. The standard InChI is InChI=1S/C11H17NOS/c1-3-4-8-14-9-11(13)10-6-5-7-12(10)2/h5-7H,3-4,8-9H2,1-2H3. The molecule has 0 saturated carbocycles. The lowest BCUT2D eigenvalue weighted by Gasteiger charge is -2.02. The molecular formula is C11H17NOS. The molecule has 0 bridgehead atoms. The van der Waals surface area contributed by atoms with Gasteiger partial charge in [0.15, 0.2) is 5.78 Å². The summed E-state index contributed by atoms with van der Waals surface area (Å²) in [6.07, 6.45) is 4.31. The van der Waals surface area contributed by atoms with Crippen LogP contribution < -0.4 is 0 Å². The number of aryl methyl sites for hydroxylation is 1. The number of hydrogen-bond donors (Lipinski definition) is 0. The van der Waals surface area contributed by atoms with Crippen molar-refractivity contribution in [1.29, 1.82) is 0 Å². The Morgan fingerprint density at radius 3 is 2.93 bits per heavy atom. The summed E-state index contributed by atoms with van der Waals surface area (Å²) >= 11 is 1.73. The lowest BCUT2D eigenvalue weighted by molar-refractivity contribution is 0.101. The van der Waals surface area contributed by atoms with Crippen molar-refractivity contribution in [2.45, 2.75) is 19.8 Å². The van der Waals surface area contributed by atoms with E-state index in [0.29, 0.717) is 5.75 Å². The smallest absolute Gasteiger partial charge is 0.189 e. The van der Waals surface area contributed by atoms with E-state index >= 15 is 0 Å². The zero-order chi connectivity index (χ0) is 10.4. The van der Waals surface area contributed by atoms with E-state index in [-0.39, 0.29) is 5.78 Å². The van der Waals surface area contributed by atoms with Gasteiger partial charge in [-0.15, -0.1) is 0 Å². The van der Waals surface area contributed by atoms with Crippen molar-refractivity contribution >= 4 is 17.5 Å². The summed E-state index contributed by atoms with van der Waals surface area (Å²) in [5, 5.41) is 0. The SMILES string of the molecule is CCCCSCC(=O)c1cccn1C. The van der Waals surface area contributed by atoms with Crippen molar-refractivity contribution < 1.29 is 4.79 Å². The zero-order valence-corrected chi connectivity index (χ0v) is 9.64. The molecule has 2 nitrogen and oxygen atoms in total.